The van der Waals surface area contributed by atoms with E-state index in [1.807, 2.05) is 0 Å². The lowest BCUT2D eigenvalue weighted by Gasteiger charge is -2.22. The second-order valence-corrected chi connectivity index (χ2v) is 5.22. The molecule has 92 valence electrons. The first kappa shape index (κ1) is 12.9. The van der Waals surface area contributed by atoms with E-state index in [4.69, 9.17) is 18.2 Å². The van der Waals surface area contributed by atoms with Gasteiger partial charge in [0, 0.05) is 0 Å². The molecule has 0 fully saturated rings. The summed E-state index contributed by atoms with van der Waals surface area (Å²) in [6.45, 7) is 8.81. The fraction of sp³-hybridized carbons (Fsp3) is 0.167. The summed E-state index contributed by atoms with van der Waals surface area (Å²) >= 11 is 8.89. The summed E-state index contributed by atoms with van der Waals surface area (Å²) in [5.74, 6) is -0.433. The van der Waals surface area contributed by atoms with Gasteiger partial charge in [-0.25, -0.2) is 4.85 Å². The number of phenols is 1. The van der Waals surface area contributed by atoms with E-state index in [1.54, 1.807) is 13.0 Å². The molecular formula is C12H8BrClN2O2. The molecule has 18 heavy (non-hydrogen) atoms. The Hall–Kier alpha value is -1.51. The number of phenolic OH excluding ortho intramolecular Hbond substituents is 1. The van der Waals surface area contributed by atoms with Gasteiger partial charge in [0.25, 0.3) is 0 Å². The average Bonchev–Trinajstić information content (AvgIpc) is 2.54. The Kier molecular flexibility index (Phi) is 3.09. The molecule has 1 aliphatic rings. The van der Waals surface area contributed by atoms with Crippen LogP contribution in [0.2, 0.25) is 5.02 Å². The van der Waals surface area contributed by atoms with Crippen molar-refractivity contribution in [2.75, 3.05) is 0 Å². The molecule has 0 aliphatic carbocycles. The van der Waals surface area contributed by atoms with Crippen molar-refractivity contribution in [3.63, 3.8) is 0 Å². The van der Waals surface area contributed by atoms with Crippen molar-refractivity contribution in [1.82, 2.24) is 5.32 Å². The quantitative estimate of drug-likeness (QED) is 0.615. The second kappa shape index (κ2) is 4.30. The summed E-state index contributed by atoms with van der Waals surface area (Å²) < 4.78 is 0.361. The van der Waals surface area contributed by atoms with Crippen LogP contribution in [0.15, 0.2) is 28.5 Å². The second-order valence-electron chi connectivity index (χ2n) is 4.02. The van der Waals surface area contributed by atoms with Gasteiger partial charge in [-0.1, -0.05) is 24.6 Å². The van der Waals surface area contributed by atoms with Crippen molar-refractivity contribution in [3.8, 4) is 5.75 Å². The maximum absolute atomic E-state index is 12.0. The van der Waals surface area contributed by atoms with Crippen molar-refractivity contribution in [1.29, 1.82) is 0 Å². The summed E-state index contributed by atoms with van der Waals surface area (Å²) in [6, 6.07) is 4.52. The third-order valence-electron chi connectivity index (χ3n) is 2.99. The van der Waals surface area contributed by atoms with Gasteiger partial charge in [-0.15, -0.1) is 0 Å². The largest absolute Gasteiger partial charge is 0.506 e. The first-order chi connectivity index (χ1) is 8.41. The van der Waals surface area contributed by atoms with E-state index in [2.05, 4.69) is 26.1 Å². The summed E-state index contributed by atoms with van der Waals surface area (Å²) in [4.78, 5) is 15.4. The highest BCUT2D eigenvalue weighted by atomic mass is 79.9. The van der Waals surface area contributed by atoms with Crippen molar-refractivity contribution < 1.29 is 9.90 Å². The number of halogens is 2. The van der Waals surface area contributed by atoms with Gasteiger partial charge in [-0.2, -0.15) is 0 Å². The topological polar surface area (TPSA) is 53.7 Å². The minimum absolute atomic E-state index is 0.115. The van der Waals surface area contributed by atoms with Gasteiger partial charge in [0.1, 0.15) is 11.2 Å². The molecule has 1 heterocycles. The van der Waals surface area contributed by atoms with Crippen molar-refractivity contribution in [3.05, 3.63) is 50.5 Å². The number of nitrogens with one attached hydrogen (secondary N) is 1. The van der Waals surface area contributed by atoms with Crippen molar-refractivity contribution >= 4 is 33.4 Å². The number of hydrogen-bond donors (Lipinski definition) is 2. The highest BCUT2D eigenvalue weighted by Gasteiger charge is 2.47. The molecular weight excluding hydrogens is 320 g/mol. The lowest BCUT2D eigenvalue weighted by atomic mass is 9.80. The Balaban J connectivity index is 2.64. The minimum Gasteiger partial charge on any atom is -0.506 e. The van der Waals surface area contributed by atoms with Crippen LogP contribution in [0, 0.1) is 6.57 Å². The van der Waals surface area contributed by atoms with Gasteiger partial charge in [0.2, 0.25) is 11.6 Å². The van der Waals surface area contributed by atoms with Gasteiger partial charge in [-0.3, -0.25) is 4.79 Å². The number of rotatable bonds is 1. The Morgan fingerprint density at radius 3 is 2.78 bits per heavy atom. The van der Waals surface area contributed by atoms with E-state index in [1.165, 1.54) is 12.1 Å². The van der Waals surface area contributed by atoms with Crippen LogP contribution in [0.5, 0.6) is 5.75 Å². The molecule has 4 nitrogen and oxygen atoms in total. The zero-order valence-electron chi connectivity index (χ0n) is 9.29. The molecule has 2 N–H and O–H groups in total. The molecule has 0 saturated carbocycles. The van der Waals surface area contributed by atoms with E-state index >= 15 is 0 Å². The highest BCUT2D eigenvalue weighted by molar-refractivity contribution is 9.11. The number of carbonyl (C=O) groups is 1. The Morgan fingerprint density at radius 2 is 2.22 bits per heavy atom. The molecule has 0 radical (unpaired) electrons. The number of benzene rings is 1. The van der Waals surface area contributed by atoms with Crippen molar-refractivity contribution in [2.45, 2.75) is 12.3 Å². The zero-order valence-corrected chi connectivity index (χ0v) is 11.6. The molecule has 1 aliphatic heterocycles. The smallest absolute Gasteiger partial charge is 0.228 e. The summed E-state index contributed by atoms with van der Waals surface area (Å²) in [5.41, 5.74) is -0.348. The summed E-state index contributed by atoms with van der Waals surface area (Å²) in [7, 11) is 0. The average molecular weight is 328 g/mol. The molecule has 0 aromatic heterocycles. The number of amides is 1. The fourth-order valence-corrected chi connectivity index (χ4v) is 2.65. The fourth-order valence-electron chi connectivity index (χ4n) is 1.86. The van der Waals surface area contributed by atoms with Gasteiger partial charge in [-0.05, 0) is 33.6 Å². The van der Waals surface area contributed by atoms with Gasteiger partial charge < -0.3 is 10.4 Å². The van der Waals surface area contributed by atoms with E-state index in [0.717, 1.165) is 0 Å². The van der Waals surface area contributed by atoms with Crippen LogP contribution in [0.25, 0.3) is 4.85 Å². The molecule has 6 heteroatoms. The Labute approximate surface area is 117 Å². The van der Waals surface area contributed by atoms with E-state index in [9.17, 15) is 9.90 Å². The number of nitrogens with zero attached hydrogens (tertiary/aromatic N) is 1. The Bertz CT molecular complexity index is 621. The standard InChI is InChI=1S/C12H8BrClN2O2/c1-12(6-3-4-7(14)8(17)5-6)9(15-2)10(13)16-11(12)18/h3-5,17H,1H3,(H,16,18). The normalized spacial score (nSPS) is 22.9. The van der Waals surface area contributed by atoms with Crippen LogP contribution in [-0.4, -0.2) is 11.0 Å². The molecule has 1 aromatic rings. The predicted octanol–water partition coefficient (Wildman–Crippen LogP) is 2.92. The van der Waals surface area contributed by atoms with Crippen LogP contribution < -0.4 is 5.32 Å². The van der Waals surface area contributed by atoms with Gasteiger partial charge >= 0.3 is 0 Å². The van der Waals surface area contributed by atoms with E-state index in [-0.39, 0.29) is 22.4 Å². The maximum Gasteiger partial charge on any atom is 0.228 e. The summed E-state index contributed by atoms with van der Waals surface area (Å²) in [6.07, 6.45) is 0. The Morgan fingerprint density at radius 1 is 1.56 bits per heavy atom. The van der Waals surface area contributed by atoms with Crippen LogP contribution in [-0.2, 0) is 10.2 Å². The minimum atomic E-state index is -1.12. The number of carbonyl (C=O) groups excluding carboxylic acids is 1. The third-order valence-corrected chi connectivity index (χ3v) is 3.89. The molecule has 1 unspecified atom stereocenters. The lowest BCUT2D eigenvalue weighted by Crippen LogP contribution is -2.35. The van der Waals surface area contributed by atoms with E-state index < -0.39 is 5.41 Å². The lowest BCUT2D eigenvalue weighted by molar-refractivity contribution is -0.122. The zero-order chi connectivity index (χ0) is 13.5. The monoisotopic (exact) mass is 326 g/mol. The molecule has 1 amide bonds. The van der Waals surface area contributed by atoms with Crippen LogP contribution in [0.1, 0.15) is 12.5 Å². The van der Waals surface area contributed by atoms with Gasteiger partial charge in [0.15, 0.2) is 0 Å². The van der Waals surface area contributed by atoms with Crippen LogP contribution in [0.3, 0.4) is 0 Å². The third kappa shape index (κ3) is 1.69. The molecule has 2 rings (SSSR count). The summed E-state index contributed by atoms with van der Waals surface area (Å²) in [5, 5.41) is 12.4. The molecule has 0 bridgehead atoms. The SMILES string of the molecule is [C-]#[N+]C1=C(Br)NC(=O)C1(C)c1ccc(Cl)c(O)c1. The van der Waals surface area contributed by atoms with Crippen LogP contribution in [0.4, 0.5) is 0 Å². The van der Waals surface area contributed by atoms with E-state index in [0.29, 0.717) is 10.2 Å². The molecule has 1 aromatic carbocycles. The maximum atomic E-state index is 12.0. The molecule has 0 saturated heterocycles. The first-order valence-corrected chi connectivity index (χ1v) is 6.16. The highest BCUT2D eigenvalue weighted by Crippen LogP contribution is 2.42. The van der Waals surface area contributed by atoms with Crippen LogP contribution >= 0.6 is 27.5 Å². The number of hydrogen-bond acceptors (Lipinski definition) is 2. The first-order valence-electron chi connectivity index (χ1n) is 4.99. The van der Waals surface area contributed by atoms with Crippen molar-refractivity contribution in [2.24, 2.45) is 0 Å². The molecule has 1 atom stereocenters. The number of aromatic hydroxyl groups is 1. The molecule has 0 spiro atoms. The predicted molar refractivity (Wildman–Crippen MR) is 71.2 cm³/mol. The van der Waals surface area contributed by atoms with Gasteiger partial charge in [0.05, 0.1) is 16.2 Å².